The van der Waals surface area contributed by atoms with Crippen molar-refractivity contribution in [2.45, 2.75) is 71.1 Å². The number of benzene rings is 2. The lowest BCUT2D eigenvalue weighted by atomic mass is 9.54. The highest BCUT2D eigenvalue weighted by Gasteiger charge is 2.58. The first-order valence-corrected chi connectivity index (χ1v) is 14.5. The molecule has 7 nitrogen and oxygen atoms in total. The molecule has 5 rings (SSSR count). The molecule has 3 N–H and O–H groups in total. The van der Waals surface area contributed by atoms with E-state index in [0.717, 1.165) is 44.9 Å². The van der Waals surface area contributed by atoms with Gasteiger partial charge in [0.2, 0.25) is 0 Å². The summed E-state index contributed by atoms with van der Waals surface area (Å²) in [6, 6.07) is 12.2. The predicted molar refractivity (Wildman–Crippen MR) is 150 cm³/mol. The van der Waals surface area contributed by atoms with Crippen LogP contribution in [0.3, 0.4) is 0 Å². The first-order chi connectivity index (χ1) is 18.8. The van der Waals surface area contributed by atoms with Crippen molar-refractivity contribution in [1.82, 2.24) is 5.32 Å². The highest BCUT2D eigenvalue weighted by Crippen LogP contribution is 2.62. The quantitative estimate of drug-likeness (QED) is 0.277. The van der Waals surface area contributed by atoms with Crippen molar-refractivity contribution in [1.29, 1.82) is 0 Å². The Morgan fingerprint density at radius 3 is 2.67 bits per heavy atom. The van der Waals surface area contributed by atoms with Crippen molar-refractivity contribution in [3.8, 4) is 5.75 Å². The van der Waals surface area contributed by atoms with E-state index >= 15 is 0 Å². The highest BCUT2D eigenvalue weighted by molar-refractivity contribution is 5.92. The first kappa shape index (κ1) is 27.2. The van der Waals surface area contributed by atoms with Crippen LogP contribution in [0.1, 0.15) is 86.2 Å². The predicted octanol–water partition coefficient (Wildman–Crippen LogP) is 6.21. The number of phenolic OH excluding ortho intramolecular Hbond substituents is 1. The number of nitrogens with one attached hydrogen (secondary N) is 2. The molecular weight excluding hydrogens is 492 g/mol. The van der Waals surface area contributed by atoms with E-state index in [9.17, 15) is 19.5 Å². The van der Waals surface area contributed by atoms with Crippen molar-refractivity contribution < 1.29 is 24.2 Å². The van der Waals surface area contributed by atoms with Crippen LogP contribution >= 0.6 is 0 Å². The summed E-state index contributed by atoms with van der Waals surface area (Å²) in [6.07, 6.45) is 7.60. The second kappa shape index (κ2) is 11.4. The third kappa shape index (κ3) is 5.54. The summed E-state index contributed by atoms with van der Waals surface area (Å²) >= 11 is 0. The molecule has 7 heteroatoms. The fourth-order valence-electron chi connectivity index (χ4n) is 7.71. The molecule has 0 spiro atoms. The molecule has 2 fully saturated rings. The molecular formula is C32H40N2O5. The largest absolute Gasteiger partial charge is 0.508 e. The number of hydrogen-bond acceptors (Lipinski definition) is 5. The van der Waals surface area contributed by atoms with Gasteiger partial charge in [-0.3, -0.25) is 4.79 Å². The topological polar surface area (TPSA) is 105 Å². The van der Waals surface area contributed by atoms with Crippen molar-refractivity contribution in [2.24, 2.45) is 23.2 Å². The van der Waals surface area contributed by atoms with Gasteiger partial charge in [0.25, 0.3) is 0 Å². The number of amides is 2. The molecule has 0 heterocycles. The molecule has 5 atom stereocenters. The molecule has 2 amide bonds. The molecule has 39 heavy (non-hydrogen) atoms. The number of rotatable bonds is 8. The number of fused-ring (bicyclic) bond motifs is 5. The minimum Gasteiger partial charge on any atom is -0.508 e. The van der Waals surface area contributed by atoms with E-state index in [4.69, 9.17) is 4.74 Å². The minimum absolute atomic E-state index is 0.207. The normalized spacial score (nSPS) is 27.2. The molecule has 2 aromatic carbocycles. The standard InChI is InChI=1S/C32H40N2O5/c1-3-39-30(37)20-7-10-23(11-8-20)34-31(38)33-17-5-4-6-22-19-28(36)32(2)16-15-26-25-14-12-24(35)18-21(25)9-13-27(26)29(22)32/h7-8,10-12,14,18,22,26-27,29,35H,3-6,9,13,15-17,19H2,1-2H3,(H2,33,34,38)/t22-,26?,27?,29?,32+/m0/s1. The number of urea groups is 1. The summed E-state index contributed by atoms with van der Waals surface area (Å²) < 4.78 is 4.98. The van der Waals surface area contributed by atoms with E-state index in [0.29, 0.717) is 66.0 Å². The maximum atomic E-state index is 13.2. The monoisotopic (exact) mass is 532 g/mol. The summed E-state index contributed by atoms with van der Waals surface area (Å²) in [7, 11) is 0. The van der Waals surface area contributed by atoms with Gasteiger partial charge in [0.15, 0.2) is 0 Å². The maximum absolute atomic E-state index is 13.2. The van der Waals surface area contributed by atoms with Gasteiger partial charge in [-0.15, -0.1) is 0 Å². The first-order valence-electron chi connectivity index (χ1n) is 14.5. The number of carbonyl (C=O) groups is 3. The van der Waals surface area contributed by atoms with Gasteiger partial charge in [-0.25, -0.2) is 9.59 Å². The van der Waals surface area contributed by atoms with E-state index in [1.807, 2.05) is 12.1 Å². The van der Waals surface area contributed by atoms with Gasteiger partial charge in [0.05, 0.1) is 12.2 Å². The fraction of sp³-hybridized carbons (Fsp3) is 0.531. The van der Waals surface area contributed by atoms with Gasteiger partial charge in [0, 0.05) is 24.1 Å². The molecule has 3 aliphatic rings. The lowest BCUT2D eigenvalue weighted by molar-refractivity contribution is -0.129. The summed E-state index contributed by atoms with van der Waals surface area (Å²) in [5, 5.41) is 15.7. The SMILES string of the molecule is CCOC(=O)c1ccc(NC(=O)NCCCC[C@H]2CC(=O)[C@@]3(C)CCC4c5ccc(O)cc5CCC4C23)cc1. The lowest BCUT2D eigenvalue weighted by Gasteiger charge is -2.50. The molecule has 0 bridgehead atoms. The number of aromatic hydroxyl groups is 1. The van der Waals surface area contributed by atoms with Gasteiger partial charge in [0.1, 0.15) is 11.5 Å². The Morgan fingerprint density at radius 1 is 1.10 bits per heavy atom. The Morgan fingerprint density at radius 2 is 1.90 bits per heavy atom. The average Bonchev–Trinajstić information content (AvgIpc) is 3.18. The van der Waals surface area contributed by atoms with Crippen molar-refractivity contribution in [3.63, 3.8) is 0 Å². The summed E-state index contributed by atoms with van der Waals surface area (Å²) in [4.78, 5) is 37.3. The molecule has 2 saturated carbocycles. The van der Waals surface area contributed by atoms with Crippen LogP contribution in [0.2, 0.25) is 0 Å². The summed E-state index contributed by atoms with van der Waals surface area (Å²) in [6.45, 7) is 4.86. The third-order valence-corrected chi connectivity index (χ3v) is 9.50. The number of aryl methyl sites for hydroxylation is 1. The minimum atomic E-state index is -0.380. The molecule has 208 valence electrons. The van der Waals surface area contributed by atoms with Crippen LogP contribution in [0.5, 0.6) is 5.75 Å². The number of hydrogen-bond donors (Lipinski definition) is 3. The Hall–Kier alpha value is -3.35. The van der Waals surface area contributed by atoms with Crippen LogP contribution in [0, 0.1) is 23.2 Å². The highest BCUT2D eigenvalue weighted by atomic mass is 16.5. The molecule has 3 aliphatic carbocycles. The molecule has 2 aromatic rings. The van der Waals surface area contributed by atoms with Gasteiger partial charge in [-0.1, -0.05) is 19.4 Å². The van der Waals surface area contributed by atoms with E-state index in [1.54, 1.807) is 31.2 Å². The molecule has 0 aliphatic heterocycles. The Bertz CT molecular complexity index is 1230. The van der Waals surface area contributed by atoms with E-state index in [1.165, 1.54) is 11.1 Å². The lowest BCUT2D eigenvalue weighted by Crippen LogP contribution is -2.44. The zero-order chi connectivity index (χ0) is 27.6. The fourth-order valence-corrected chi connectivity index (χ4v) is 7.71. The zero-order valence-electron chi connectivity index (χ0n) is 23.0. The van der Waals surface area contributed by atoms with Crippen LogP contribution in [0.4, 0.5) is 10.5 Å². The van der Waals surface area contributed by atoms with Crippen LogP contribution in [0.15, 0.2) is 42.5 Å². The molecule has 0 saturated heterocycles. The number of ether oxygens (including phenoxy) is 1. The Balaban J connectivity index is 1.11. The maximum Gasteiger partial charge on any atom is 0.338 e. The van der Waals surface area contributed by atoms with Gasteiger partial charge in [-0.05, 0) is 117 Å². The van der Waals surface area contributed by atoms with Crippen LogP contribution in [-0.2, 0) is 16.0 Å². The number of unbranched alkanes of at least 4 members (excludes halogenated alkanes) is 1. The zero-order valence-corrected chi connectivity index (χ0v) is 23.0. The van der Waals surface area contributed by atoms with Gasteiger partial charge >= 0.3 is 12.0 Å². The number of carbonyl (C=O) groups excluding carboxylic acids is 3. The van der Waals surface area contributed by atoms with Gasteiger partial charge < -0.3 is 20.5 Å². The smallest absolute Gasteiger partial charge is 0.338 e. The average molecular weight is 533 g/mol. The van der Waals surface area contributed by atoms with Crippen molar-refractivity contribution >= 4 is 23.5 Å². The van der Waals surface area contributed by atoms with Crippen molar-refractivity contribution in [3.05, 3.63) is 59.2 Å². The number of ketones is 1. The third-order valence-electron chi connectivity index (χ3n) is 9.50. The van der Waals surface area contributed by atoms with Crippen LogP contribution < -0.4 is 10.6 Å². The Kier molecular flexibility index (Phi) is 7.96. The summed E-state index contributed by atoms with van der Waals surface area (Å²) in [5.74, 6) is 2.24. The second-order valence-electron chi connectivity index (χ2n) is 11.7. The number of Topliss-reactive ketones (excluding diaryl/α,β-unsaturated/α-hetero) is 1. The van der Waals surface area contributed by atoms with Crippen molar-refractivity contribution in [2.75, 3.05) is 18.5 Å². The number of esters is 1. The molecule has 0 aromatic heterocycles. The van der Waals surface area contributed by atoms with E-state index in [2.05, 4.69) is 23.6 Å². The van der Waals surface area contributed by atoms with Gasteiger partial charge in [-0.2, -0.15) is 0 Å². The van der Waals surface area contributed by atoms with E-state index in [-0.39, 0.29) is 17.4 Å². The summed E-state index contributed by atoms with van der Waals surface area (Å²) in [5.41, 5.74) is 3.52. The molecule has 3 unspecified atom stereocenters. The van der Waals surface area contributed by atoms with E-state index < -0.39 is 0 Å². The molecule has 0 radical (unpaired) electrons. The number of phenols is 1. The second-order valence-corrected chi connectivity index (χ2v) is 11.7. The number of anilines is 1. The van der Waals surface area contributed by atoms with Crippen LogP contribution in [-0.4, -0.2) is 36.0 Å². The van der Waals surface area contributed by atoms with Crippen LogP contribution in [0.25, 0.3) is 0 Å². The Labute approximate surface area is 230 Å².